The normalized spacial score (nSPS) is 39.6. The summed E-state index contributed by atoms with van der Waals surface area (Å²) in [7, 11) is 0. The fraction of sp³-hybridized carbons (Fsp3) is 0.889. The molecule has 2 fully saturated rings. The van der Waals surface area contributed by atoms with Gasteiger partial charge >= 0.3 is 5.97 Å². The lowest BCUT2D eigenvalue weighted by atomic mass is 10.0. The summed E-state index contributed by atoms with van der Waals surface area (Å²) in [6.07, 6.45) is 4.77. The van der Waals surface area contributed by atoms with E-state index in [1.165, 1.54) is 19.8 Å². The van der Waals surface area contributed by atoms with Crippen LogP contribution < -0.4 is 5.32 Å². The van der Waals surface area contributed by atoms with E-state index in [2.05, 4.69) is 5.32 Å². The molecule has 3 nitrogen and oxygen atoms in total. The van der Waals surface area contributed by atoms with Gasteiger partial charge in [-0.2, -0.15) is 0 Å². The SMILES string of the molecule is CC(=O)O[C@H]1CCC2CCC1N2. The fourth-order valence-electron chi connectivity index (χ4n) is 2.29. The maximum absolute atomic E-state index is 10.7. The van der Waals surface area contributed by atoms with Crippen molar-refractivity contribution in [3.63, 3.8) is 0 Å². The predicted octanol–water partition coefficient (Wildman–Crippen LogP) is 0.833. The largest absolute Gasteiger partial charge is 0.461 e. The highest BCUT2D eigenvalue weighted by atomic mass is 16.5. The molecule has 0 amide bonds. The number of carbonyl (C=O) groups is 1. The first kappa shape index (κ1) is 8.05. The molecule has 0 aliphatic carbocycles. The zero-order valence-electron chi connectivity index (χ0n) is 7.38. The number of piperidine rings is 1. The summed E-state index contributed by atoms with van der Waals surface area (Å²) in [4.78, 5) is 10.7. The first-order chi connectivity index (χ1) is 5.75. The topological polar surface area (TPSA) is 38.3 Å². The molecule has 2 unspecified atom stereocenters. The van der Waals surface area contributed by atoms with Crippen LogP contribution in [0.2, 0.25) is 0 Å². The van der Waals surface area contributed by atoms with E-state index in [0.29, 0.717) is 12.1 Å². The van der Waals surface area contributed by atoms with E-state index in [0.717, 1.165) is 12.8 Å². The van der Waals surface area contributed by atoms with Crippen LogP contribution in [0.4, 0.5) is 0 Å². The van der Waals surface area contributed by atoms with E-state index in [4.69, 9.17) is 4.74 Å². The number of ether oxygens (including phenoxy) is 1. The highest BCUT2D eigenvalue weighted by Gasteiger charge is 2.36. The van der Waals surface area contributed by atoms with E-state index < -0.39 is 0 Å². The number of rotatable bonds is 1. The third-order valence-electron chi connectivity index (χ3n) is 2.84. The molecule has 3 heteroatoms. The molecule has 0 aromatic rings. The van der Waals surface area contributed by atoms with Crippen molar-refractivity contribution in [3.05, 3.63) is 0 Å². The van der Waals surface area contributed by atoms with Crippen LogP contribution in [0.25, 0.3) is 0 Å². The predicted molar refractivity (Wildman–Crippen MR) is 44.7 cm³/mol. The number of nitrogens with one attached hydrogen (secondary N) is 1. The molecule has 0 saturated carbocycles. The van der Waals surface area contributed by atoms with E-state index in [1.54, 1.807) is 0 Å². The van der Waals surface area contributed by atoms with Gasteiger partial charge in [-0.05, 0) is 25.7 Å². The van der Waals surface area contributed by atoms with Gasteiger partial charge in [0.25, 0.3) is 0 Å². The Morgan fingerprint density at radius 2 is 2.08 bits per heavy atom. The summed E-state index contributed by atoms with van der Waals surface area (Å²) in [6.45, 7) is 1.49. The van der Waals surface area contributed by atoms with Crippen molar-refractivity contribution in [3.8, 4) is 0 Å². The molecule has 0 radical (unpaired) electrons. The Balaban J connectivity index is 1.93. The van der Waals surface area contributed by atoms with Gasteiger partial charge in [0.1, 0.15) is 6.10 Å². The van der Waals surface area contributed by atoms with Crippen molar-refractivity contribution in [2.24, 2.45) is 0 Å². The molecule has 12 heavy (non-hydrogen) atoms. The zero-order chi connectivity index (χ0) is 8.55. The van der Waals surface area contributed by atoms with Crippen molar-refractivity contribution < 1.29 is 9.53 Å². The summed E-state index contributed by atoms with van der Waals surface area (Å²) in [5.41, 5.74) is 0. The number of hydrogen-bond acceptors (Lipinski definition) is 3. The van der Waals surface area contributed by atoms with Gasteiger partial charge in [-0.3, -0.25) is 4.79 Å². The second-order valence-electron chi connectivity index (χ2n) is 3.77. The Hall–Kier alpha value is -0.570. The molecule has 0 aromatic heterocycles. The van der Waals surface area contributed by atoms with Gasteiger partial charge in [-0.25, -0.2) is 0 Å². The minimum Gasteiger partial charge on any atom is -0.461 e. The van der Waals surface area contributed by atoms with Crippen LogP contribution in [-0.2, 0) is 9.53 Å². The summed E-state index contributed by atoms with van der Waals surface area (Å²) >= 11 is 0. The molecule has 2 rings (SSSR count). The monoisotopic (exact) mass is 169 g/mol. The van der Waals surface area contributed by atoms with Crippen LogP contribution >= 0.6 is 0 Å². The van der Waals surface area contributed by atoms with Crippen LogP contribution in [0.5, 0.6) is 0 Å². The molecule has 2 saturated heterocycles. The van der Waals surface area contributed by atoms with Crippen molar-refractivity contribution in [1.82, 2.24) is 5.32 Å². The van der Waals surface area contributed by atoms with E-state index >= 15 is 0 Å². The minimum atomic E-state index is -0.146. The lowest BCUT2D eigenvalue weighted by molar-refractivity contribution is -0.148. The standard InChI is InChI=1S/C9H15NO2/c1-6(11)12-9-5-3-7-2-4-8(9)10-7/h7-10H,2-5H2,1H3/t7?,8?,9-/m0/s1. The number of esters is 1. The van der Waals surface area contributed by atoms with E-state index in [1.807, 2.05) is 0 Å². The van der Waals surface area contributed by atoms with E-state index in [-0.39, 0.29) is 12.1 Å². The molecular formula is C9H15NO2. The molecule has 68 valence electrons. The Morgan fingerprint density at radius 1 is 1.33 bits per heavy atom. The second kappa shape index (κ2) is 3.05. The summed E-state index contributed by atoms with van der Waals surface area (Å²) in [5.74, 6) is -0.146. The van der Waals surface area contributed by atoms with Crippen LogP contribution in [0, 0.1) is 0 Å². The Labute approximate surface area is 72.5 Å². The van der Waals surface area contributed by atoms with Gasteiger partial charge in [0.15, 0.2) is 0 Å². The molecule has 2 heterocycles. The first-order valence-corrected chi connectivity index (χ1v) is 4.69. The summed E-state index contributed by atoms with van der Waals surface area (Å²) < 4.78 is 5.22. The van der Waals surface area contributed by atoms with Crippen molar-refractivity contribution in [2.45, 2.75) is 50.8 Å². The second-order valence-corrected chi connectivity index (χ2v) is 3.77. The Bertz CT molecular complexity index is 193. The number of carbonyl (C=O) groups excluding carboxylic acids is 1. The molecule has 0 aromatic carbocycles. The highest BCUT2D eigenvalue weighted by Crippen LogP contribution is 2.28. The molecule has 3 atom stereocenters. The van der Waals surface area contributed by atoms with Crippen molar-refractivity contribution in [2.75, 3.05) is 0 Å². The number of fused-ring (bicyclic) bond motifs is 2. The smallest absolute Gasteiger partial charge is 0.302 e. The van der Waals surface area contributed by atoms with Crippen LogP contribution in [0.15, 0.2) is 0 Å². The third kappa shape index (κ3) is 1.46. The quantitative estimate of drug-likeness (QED) is 0.591. The molecule has 0 spiro atoms. The summed E-state index contributed by atoms with van der Waals surface area (Å²) in [6, 6.07) is 1.13. The van der Waals surface area contributed by atoms with Gasteiger partial charge in [0.2, 0.25) is 0 Å². The number of hydrogen-bond donors (Lipinski definition) is 1. The van der Waals surface area contributed by atoms with Gasteiger partial charge in [0, 0.05) is 19.0 Å². The Kier molecular flexibility index (Phi) is 2.05. The van der Waals surface area contributed by atoms with Gasteiger partial charge in [-0.1, -0.05) is 0 Å². The molecular weight excluding hydrogens is 154 g/mol. The first-order valence-electron chi connectivity index (χ1n) is 4.69. The zero-order valence-corrected chi connectivity index (χ0v) is 7.38. The van der Waals surface area contributed by atoms with Crippen molar-refractivity contribution >= 4 is 5.97 Å². The average molecular weight is 169 g/mol. The molecule has 2 aliphatic rings. The third-order valence-corrected chi connectivity index (χ3v) is 2.84. The average Bonchev–Trinajstić information content (AvgIpc) is 2.39. The van der Waals surface area contributed by atoms with Gasteiger partial charge < -0.3 is 10.1 Å². The molecule has 1 N–H and O–H groups in total. The van der Waals surface area contributed by atoms with Crippen molar-refractivity contribution in [1.29, 1.82) is 0 Å². The lowest BCUT2D eigenvalue weighted by Crippen LogP contribution is -2.45. The lowest BCUT2D eigenvalue weighted by Gasteiger charge is -2.29. The summed E-state index contributed by atoms with van der Waals surface area (Å²) in [5, 5.41) is 3.47. The van der Waals surface area contributed by atoms with Crippen LogP contribution in [0.3, 0.4) is 0 Å². The van der Waals surface area contributed by atoms with E-state index in [9.17, 15) is 4.79 Å². The fourth-order valence-corrected chi connectivity index (χ4v) is 2.29. The maximum atomic E-state index is 10.7. The molecule has 2 aliphatic heterocycles. The maximum Gasteiger partial charge on any atom is 0.302 e. The van der Waals surface area contributed by atoms with Crippen LogP contribution in [-0.4, -0.2) is 24.2 Å². The van der Waals surface area contributed by atoms with Gasteiger partial charge in [0.05, 0.1) is 0 Å². The van der Waals surface area contributed by atoms with Crippen LogP contribution in [0.1, 0.15) is 32.6 Å². The molecule has 2 bridgehead atoms. The minimum absolute atomic E-state index is 0.140. The highest BCUT2D eigenvalue weighted by molar-refractivity contribution is 5.66. The van der Waals surface area contributed by atoms with Gasteiger partial charge in [-0.15, -0.1) is 0 Å². The Morgan fingerprint density at radius 3 is 2.83 bits per heavy atom.